The highest BCUT2D eigenvalue weighted by Crippen LogP contribution is 2.30. The number of hydrogen-bond donors (Lipinski definition) is 1. The number of rotatable bonds is 7. The number of anilines is 2. The Bertz CT molecular complexity index is 1090. The maximum absolute atomic E-state index is 5.34. The monoisotopic (exact) mass is 475 g/mol. The minimum Gasteiger partial charge on any atom is -0.497 e. The van der Waals surface area contributed by atoms with Crippen molar-refractivity contribution in [3.05, 3.63) is 58.9 Å². The maximum atomic E-state index is 5.34. The third-order valence-electron chi connectivity index (χ3n) is 3.60. The standard InChI is InChI=1S/C18H14BrN5O2S2/c1-25-14-7-2-4-11(8-14)16-21-15(26-24-16)10-27-18-23-22-17(28-18)20-13-6-3-5-12(19)9-13/h2-9H,10H2,1H3,(H,20,22). The number of hydrogen-bond acceptors (Lipinski definition) is 9. The maximum Gasteiger partial charge on any atom is 0.237 e. The highest BCUT2D eigenvalue weighted by atomic mass is 79.9. The minimum atomic E-state index is 0.516. The SMILES string of the molecule is COc1cccc(-c2noc(CSc3nnc(Nc4cccc(Br)c4)s3)n2)c1. The molecule has 0 amide bonds. The number of aromatic nitrogens is 4. The molecule has 0 aliphatic heterocycles. The molecule has 0 aliphatic rings. The van der Waals surface area contributed by atoms with E-state index in [1.807, 2.05) is 48.5 Å². The van der Waals surface area contributed by atoms with Gasteiger partial charge in [0.15, 0.2) is 4.34 Å². The number of methoxy groups -OCH3 is 1. The molecule has 0 unspecified atom stereocenters. The minimum absolute atomic E-state index is 0.516. The van der Waals surface area contributed by atoms with Crippen molar-refractivity contribution in [3.63, 3.8) is 0 Å². The van der Waals surface area contributed by atoms with Gasteiger partial charge in [-0.3, -0.25) is 0 Å². The summed E-state index contributed by atoms with van der Waals surface area (Å²) in [6, 6.07) is 15.4. The van der Waals surface area contributed by atoms with E-state index in [0.29, 0.717) is 17.5 Å². The van der Waals surface area contributed by atoms with Gasteiger partial charge in [-0.15, -0.1) is 10.2 Å². The molecule has 0 fully saturated rings. The van der Waals surface area contributed by atoms with Gasteiger partial charge >= 0.3 is 0 Å². The van der Waals surface area contributed by atoms with Crippen LogP contribution in [0.5, 0.6) is 5.75 Å². The van der Waals surface area contributed by atoms with Gasteiger partial charge in [-0.2, -0.15) is 4.98 Å². The molecule has 0 bridgehead atoms. The topological polar surface area (TPSA) is 86.0 Å². The molecule has 0 radical (unpaired) electrons. The average molecular weight is 476 g/mol. The van der Waals surface area contributed by atoms with E-state index in [9.17, 15) is 0 Å². The second-order valence-corrected chi connectivity index (χ2v) is 8.66. The summed E-state index contributed by atoms with van der Waals surface area (Å²) >= 11 is 6.42. The zero-order valence-corrected chi connectivity index (χ0v) is 17.8. The fourth-order valence-corrected chi connectivity index (χ4v) is 4.33. The molecule has 2 aromatic carbocycles. The zero-order chi connectivity index (χ0) is 19.3. The Morgan fingerprint density at radius 3 is 2.93 bits per heavy atom. The fraction of sp³-hybridized carbons (Fsp3) is 0.111. The van der Waals surface area contributed by atoms with Gasteiger partial charge in [0.1, 0.15) is 5.75 Å². The number of ether oxygens (including phenoxy) is 1. The molecular weight excluding hydrogens is 462 g/mol. The van der Waals surface area contributed by atoms with Gasteiger partial charge in [0, 0.05) is 15.7 Å². The summed E-state index contributed by atoms with van der Waals surface area (Å²) in [7, 11) is 1.62. The first-order valence-corrected chi connectivity index (χ1v) is 10.7. The zero-order valence-electron chi connectivity index (χ0n) is 14.6. The van der Waals surface area contributed by atoms with Gasteiger partial charge < -0.3 is 14.6 Å². The first-order valence-electron chi connectivity index (χ1n) is 8.15. The number of nitrogens with one attached hydrogen (secondary N) is 1. The number of benzene rings is 2. The number of nitrogens with zero attached hydrogens (tertiary/aromatic N) is 4. The van der Waals surface area contributed by atoms with Crippen molar-refractivity contribution in [2.24, 2.45) is 0 Å². The second-order valence-electron chi connectivity index (χ2n) is 5.54. The van der Waals surface area contributed by atoms with Crippen LogP contribution in [0.4, 0.5) is 10.8 Å². The molecule has 0 aliphatic carbocycles. The van der Waals surface area contributed by atoms with E-state index in [2.05, 4.69) is 41.6 Å². The summed E-state index contributed by atoms with van der Waals surface area (Å²) in [5.74, 6) is 2.32. The van der Waals surface area contributed by atoms with Gasteiger partial charge in [-0.25, -0.2) is 0 Å². The molecule has 0 saturated heterocycles. The van der Waals surface area contributed by atoms with Crippen molar-refractivity contribution in [2.45, 2.75) is 10.1 Å². The van der Waals surface area contributed by atoms with Crippen LogP contribution >= 0.6 is 39.0 Å². The van der Waals surface area contributed by atoms with Crippen molar-refractivity contribution in [1.82, 2.24) is 20.3 Å². The molecule has 2 aromatic heterocycles. The first kappa shape index (κ1) is 18.9. The summed E-state index contributed by atoms with van der Waals surface area (Å²) in [6.07, 6.45) is 0. The Morgan fingerprint density at radius 2 is 2.07 bits per heavy atom. The molecule has 0 saturated carbocycles. The van der Waals surface area contributed by atoms with Crippen LogP contribution in [0, 0.1) is 0 Å². The fourth-order valence-electron chi connectivity index (χ4n) is 2.32. The predicted molar refractivity (Wildman–Crippen MR) is 113 cm³/mol. The van der Waals surface area contributed by atoms with Gasteiger partial charge in [0.25, 0.3) is 0 Å². The predicted octanol–water partition coefficient (Wildman–Crippen LogP) is 5.40. The van der Waals surface area contributed by atoms with Gasteiger partial charge in [-0.1, -0.05) is 62.4 Å². The van der Waals surface area contributed by atoms with Crippen molar-refractivity contribution in [3.8, 4) is 17.1 Å². The lowest BCUT2D eigenvalue weighted by Crippen LogP contribution is -1.88. The van der Waals surface area contributed by atoms with Crippen LogP contribution < -0.4 is 10.1 Å². The molecule has 10 heteroatoms. The highest BCUT2D eigenvalue weighted by molar-refractivity contribution is 9.10. The van der Waals surface area contributed by atoms with Crippen LogP contribution in [0.15, 0.2) is 61.9 Å². The quantitative estimate of drug-likeness (QED) is 0.355. The van der Waals surface area contributed by atoms with E-state index >= 15 is 0 Å². The summed E-state index contributed by atoms with van der Waals surface area (Å²) in [6.45, 7) is 0. The average Bonchev–Trinajstić information content (AvgIpc) is 3.36. The lowest BCUT2D eigenvalue weighted by atomic mass is 10.2. The molecule has 7 nitrogen and oxygen atoms in total. The number of thioether (sulfide) groups is 1. The third kappa shape index (κ3) is 4.70. The van der Waals surface area contributed by atoms with Gasteiger partial charge in [0.2, 0.25) is 16.8 Å². The van der Waals surface area contributed by atoms with Crippen molar-refractivity contribution < 1.29 is 9.26 Å². The van der Waals surface area contributed by atoms with E-state index in [0.717, 1.165) is 30.9 Å². The second kappa shape index (κ2) is 8.72. The molecule has 4 rings (SSSR count). The summed E-state index contributed by atoms with van der Waals surface area (Å²) < 4.78 is 12.4. The molecule has 142 valence electrons. The molecule has 2 heterocycles. The Morgan fingerprint density at radius 1 is 1.18 bits per heavy atom. The molecule has 0 spiro atoms. The summed E-state index contributed by atoms with van der Waals surface area (Å²) in [5, 5.41) is 16.4. The summed E-state index contributed by atoms with van der Waals surface area (Å²) in [5.41, 5.74) is 1.79. The van der Waals surface area contributed by atoms with Crippen LogP contribution in [0.25, 0.3) is 11.4 Å². The van der Waals surface area contributed by atoms with E-state index in [-0.39, 0.29) is 0 Å². The van der Waals surface area contributed by atoms with Crippen LogP contribution in [-0.4, -0.2) is 27.4 Å². The first-order chi connectivity index (χ1) is 13.7. The normalized spacial score (nSPS) is 10.8. The lowest BCUT2D eigenvalue weighted by molar-refractivity contribution is 0.391. The smallest absolute Gasteiger partial charge is 0.237 e. The van der Waals surface area contributed by atoms with E-state index in [1.165, 1.54) is 23.1 Å². The molecule has 28 heavy (non-hydrogen) atoms. The van der Waals surface area contributed by atoms with E-state index < -0.39 is 0 Å². The number of halogens is 1. The highest BCUT2D eigenvalue weighted by Gasteiger charge is 2.12. The van der Waals surface area contributed by atoms with Crippen LogP contribution in [0.2, 0.25) is 0 Å². The van der Waals surface area contributed by atoms with Crippen molar-refractivity contribution in [1.29, 1.82) is 0 Å². The Balaban J connectivity index is 1.37. The van der Waals surface area contributed by atoms with Crippen LogP contribution in [0.3, 0.4) is 0 Å². The van der Waals surface area contributed by atoms with Gasteiger partial charge in [-0.05, 0) is 30.3 Å². The molecular formula is C18H14BrN5O2S2. The van der Waals surface area contributed by atoms with Crippen LogP contribution in [-0.2, 0) is 5.75 Å². The Hall–Kier alpha value is -2.43. The molecule has 0 atom stereocenters. The van der Waals surface area contributed by atoms with Crippen molar-refractivity contribution in [2.75, 3.05) is 12.4 Å². The van der Waals surface area contributed by atoms with Crippen molar-refractivity contribution >= 4 is 49.8 Å². The van der Waals surface area contributed by atoms with E-state index in [1.54, 1.807) is 7.11 Å². The molecule has 4 aromatic rings. The van der Waals surface area contributed by atoms with Gasteiger partial charge in [0.05, 0.1) is 12.9 Å². The third-order valence-corrected chi connectivity index (χ3v) is 6.05. The Kier molecular flexibility index (Phi) is 5.89. The lowest BCUT2D eigenvalue weighted by Gasteiger charge is -2.01. The van der Waals surface area contributed by atoms with Crippen LogP contribution in [0.1, 0.15) is 5.89 Å². The largest absolute Gasteiger partial charge is 0.497 e. The summed E-state index contributed by atoms with van der Waals surface area (Å²) in [4.78, 5) is 4.44. The molecule has 1 N–H and O–H groups in total. The Labute approximate surface area is 177 Å². The van der Waals surface area contributed by atoms with E-state index in [4.69, 9.17) is 9.26 Å².